The number of halogens is 3. The van der Waals surface area contributed by atoms with Gasteiger partial charge in [-0.3, -0.25) is 9.17 Å². The van der Waals surface area contributed by atoms with Crippen LogP contribution in [0.3, 0.4) is 0 Å². The second-order valence-corrected chi connectivity index (χ2v) is 5.21. The zero-order valence-electron chi connectivity index (χ0n) is 9.57. The molecule has 0 fully saturated rings. The summed E-state index contributed by atoms with van der Waals surface area (Å²) in [4.78, 5) is 3.57. The maximum absolute atomic E-state index is 12.6. The average molecular weight is 283 g/mol. The molecule has 0 amide bonds. The van der Waals surface area contributed by atoms with Crippen molar-refractivity contribution in [2.45, 2.75) is 19.5 Å². The summed E-state index contributed by atoms with van der Waals surface area (Å²) in [6.07, 6.45) is -2.77. The van der Waals surface area contributed by atoms with Crippen LogP contribution in [0.4, 0.5) is 13.2 Å². The molecule has 0 aliphatic carbocycles. The van der Waals surface area contributed by atoms with Gasteiger partial charge in [-0.25, -0.2) is 0 Å². The van der Waals surface area contributed by atoms with Gasteiger partial charge in [0, 0.05) is 12.4 Å². The first-order chi connectivity index (χ1) is 8.26. The number of rotatable bonds is 5. The van der Waals surface area contributed by atoms with Gasteiger partial charge in [0.2, 0.25) is 0 Å². The molecule has 0 aromatic carbocycles. The first-order valence-corrected chi connectivity index (χ1v) is 6.71. The molecule has 1 heterocycles. The minimum Gasteiger partial charge on any atom is -0.270 e. The van der Waals surface area contributed by atoms with Crippen LogP contribution in [0.2, 0.25) is 0 Å². The van der Waals surface area contributed by atoms with Crippen LogP contribution in [-0.2, 0) is 26.9 Å². The van der Waals surface area contributed by atoms with Crippen molar-refractivity contribution in [3.63, 3.8) is 0 Å². The van der Waals surface area contributed by atoms with E-state index in [-0.39, 0.29) is 18.6 Å². The number of pyridine rings is 1. The Morgan fingerprint density at radius 2 is 2.06 bits per heavy atom. The van der Waals surface area contributed by atoms with Crippen molar-refractivity contribution >= 4 is 10.1 Å². The highest BCUT2D eigenvalue weighted by atomic mass is 32.2. The lowest BCUT2D eigenvalue weighted by molar-refractivity contribution is -0.138. The summed E-state index contributed by atoms with van der Waals surface area (Å²) in [5.41, 5.74) is -1.03. The molecular weight excluding hydrogens is 271 g/mol. The van der Waals surface area contributed by atoms with E-state index in [1.165, 1.54) is 6.92 Å². The zero-order valence-corrected chi connectivity index (χ0v) is 10.4. The maximum Gasteiger partial charge on any atom is 0.416 e. The molecule has 0 atom stereocenters. The SMILES string of the molecule is CCOS(=O)(=O)CCc1cnccc1C(F)(F)F. The lowest BCUT2D eigenvalue weighted by atomic mass is 10.1. The summed E-state index contributed by atoms with van der Waals surface area (Å²) in [7, 11) is -3.79. The summed E-state index contributed by atoms with van der Waals surface area (Å²) < 4.78 is 64.8. The van der Waals surface area contributed by atoms with Gasteiger partial charge in [0.25, 0.3) is 10.1 Å². The fourth-order valence-electron chi connectivity index (χ4n) is 1.38. The van der Waals surface area contributed by atoms with Crippen molar-refractivity contribution < 1.29 is 25.8 Å². The third kappa shape index (κ3) is 4.26. The molecule has 4 nitrogen and oxygen atoms in total. The van der Waals surface area contributed by atoms with E-state index in [9.17, 15) is 21.6 Å². The smallest absolute Gasteiger partial charge is 0.270 e. The Morgan fingerprint density at radius 3 is 2.61 bits per heavy atom. The fraction of sp³-hybridized carbons (Fsp3) is 0.500. The Morgan fingerprint density at radius 1 is 1.39 bits per heavy atom. The van der Waals surface area contributed by atoms with Gasteiger partial charge in [-0.1, -0.05) is 0 Å². The average Bonchev–Trinajstić information content (AvgIpc) is 2.26. The quantitative estimate of drug-likeness (QED) is 0.776. The molecule has 102 valence electrons. The zero-order chi connectivity index (χ0) is 13.8. The molecule has 0 aliphatic heterocycles. The van der Waals surface area contributed by atoms with E-state index in [1.807, 2.05) is 0 Å². The number of alkyl halides is 3. The molecule has 0 unspecified atom stereocenters. The molecule has 0 spiro atoms. The molecule has 1 aromatic rings. The number of nitrogens with zero attached hydrogens (tertiary/aromatic N) is 1. The van der Waals surface area contributed by atoms with Gasteiger partial charge < -0.3 is 0 Å². The molecule has 0 aliphatic rings. The lowest BCUT2D eigenvalue weighted by Gasteiger charge is -2.11. The van der Waals surface area contributed by atoms with Crippen LogP contribution in [0.15, 0.2) is 18.5 Å². The Bertz CT molecular complexity index is 499. The van der Waals surface area contributed by atoms with Crippen LogP contribution in [0, 0.1) is 0 Å². The first kappa shape index (κ1) is 14.9. The van der Waals surface area contributed by atoms with E-state index in [0.717, 1.165) is 18.5 Å². The monoisotopic (exact) mass is 283 g/mol. The van der Waals surface area contributed by atoms with E-state index < -0.39 is 27.6 Å². The molecule has 0 radical (unpaired) electrons. The summed E-state index contributed by atoms with van der Waals surface area (Å²) in [6.45, 7) is 1.45. The standard InChI is InChI=1S/C10H12F3NO3S/c1-2-17-18(15,16)6-4-8-7-14-5-3-9(8)10(11,12)13/h3,5,7H,2,4,6H2,1H3. The number of hydrogen-bond acceptors (Lipinski definition) is 4. The molecule has 0 bridgehead atoms. The summed E-state index contributed by atoms with van der Waals surface area (Å²) in [5.74, 6) is -0.504. The third-order valence-corrected chi connectivity index (χ3v) is 3.43. The Kier molecular flexibility index (Phi) is 4.69. The summed E-state index contributed by atoms with van der Waals surface area (Å²) in [6, 6.07) is 0.822. The molecule has 8 heteroatoms. The second-order valence-electron chi connectivity index (χ2n) is 3.45. The van der Waals surface area contributed by atoms with Crippen LogP contribution >= 0.6 is 0 Å². The van der Waals surface area contributed by atoms with E-state index in [1.54, 1.807) is 0 Å². The van der Waals surface area contributed by atoms with Gasteiger partial charge in [0.05, 0.1) is 17.9 Å². The van der Waals surface area contributed by atoms with Crippen molar-refractivity contribution in [3.8, 4) is 0 Å². The Hall–Kier alpha value is -1.15. The van der Waals surface area contributed by atoms with Crippen LogP contribution in [-0.4, -0.2) is 25.8 Å². The molecule has 0 saturated heterocycles. The highest BCUT2D eigenvalue weighted by Crippen LogP contribution is 2.31. The highest BCUT2D eigenvalue weighted by Gasteiger charge is 2.33. The second kappa shape index (κ2) is 5.66. The lowest BCUT2D eigenvalue weighted by Crippen LogP contribution is -2.15. The van der Waals surface area contributed by atoms with Crippen molar-refractivity contribution in [2.24, 2.45) is 0 Å². The van der Waals surface area contributed by atoms with Gasteiger partial charge in [0.15, 0.2) is 0 Å². The summed E-state index contributed by atoms with van der Waals surface area (Å²) in [5, 5.41) is 0. The van der Waals surface area contributed by atoms with Crippen molar-refractivity contribution in [1.29, 1.82) is 0 Å². The predicted molar refractivity (Wildman–Crippen MR) is 58.4 cm³/mol. The minimum absolute atomic E-state index is 0.0402. The van der Waals surface area contributed by atoms with Gasteiger partial charge in [-0.2, -0.15) is 21.6 Å². The third-order valence-electron chi connectivity index (χ3n) is 2.13. The molecule has 1 aromatic heterocycles. The van der Waals surface area contributed by atoms with E-state index >= 15 is 0 Å². The van der Waals surface area contributed by atoms with E-state index in [0.29, 0.717) is 0 Å². The van der Waals surface area contributed by atoms with Crippen molar-refractivity contribution in [3.05, 3.63) is 29.6 Å². The van der Waals surface area contributed by atoms with Gasteiger partial charge in [-0.15, -0.1) is 0 Å². The molecule has 0 saturated carbocycles. The topological polar surface area (TPSA) is 56.3 Å². The van der Waals surface area contributed by atoms with Crippen molar-refractivity contribution in [1.82, 2.24) is 4.98 Å². The maximum atomic E-state index is 12.6. The number of aryl methyl sites for hydroxylation is 1. The van der Waals surface area contributed by atoms with Crippen LogP contribution in [0.25, 0.3) is 0 Å². The van der Waals surface area contributed by atoms with Gasteiger partial charge in [-0.05, 0) is 25.0 Å². The Balaban J connectivity index is 2.86. The van der Waals surface area contributed by atoms with Crippen molar-refractivity contribution in [2.75, 3.05) is 12.4 Å². The molecule has 1 rings (SSSR count). The molecule has 0 N–H and O–H groups in total. The largest absolute Gasteiger partial charge is 0.416 e. The van der Waals surface area contributed by atoms with Gasteiger partial charge >= 0.3 is 6.18 Å². The van der Waals surface area contributed by atoms with Gasteiger partial charge in [0.1, 0.15) is 0 Å². The van der Waals surface area contributed by atoms with E-state index in [2.05, 4.69) is 9.17 Å². The predicted octanol–water partition coefficient (Wildman–Crippen LogP) is 2.01. The normalized spacial score (nSPS) is 12.7. The Labute approximate surface area is 103 Å². The summed E-state index contributed by atoms with van der Waals surface area (Å²) >= 11 is 0. The number of aromatic nitrogens is 1. The molecule has 18 heavy (non-hydrogen) atoms. The van der Waals surface area contributed by atoms with E-state index in [4.69, 9.17) is 0 Å². The van der Waals surface area contributed by atoms with Crippen LogP contribution < -0.4 is 0 Å². The van der Waals surface area contributed by atoms with Crippen LogP contribution in [0.1, 0.15) is 18.1 Å². The minimum atomic E-state index is -4.52. The number of hydrogen-bond donors (Lipinski definition) is 0. The van der Waals surface area contributed by atoms with Crippen LogP contribution in [0.5, 0.6) is 0 Å². The highest BCUT2D eigenvalue weighted by molar-refractivity contribution is 7.86. The first-order valence-electron chi connectivity index (χ1n) is 5.13. The fourth-order valence-corrected chi connectivity index (χ4v) is 2.32. The molecular formula is C10H12F3NO3S.